The van der Waals surface area contributed by atoms with Gasteiger partial charge >= 0.3 is 0 Å². The van der Waals surface area contributed by atoms with E-state index in [-0.39, 0.29) is 17.5 Å². The van der Waals surface area contributed by atoms with Crippen LogP contribution in [0.5, 0.6) is 0 Å². The lowest BCUT2D eigenvalue weighted by molar-refractivity contribution is -0.384. The summed E-state index contributed by atoms with van der Waals surface area (Å²) < 4.78 is 0. The van der Waals surface area contributed by atoms with Gasteiger partial charge in [0, 0.05) is 55.8 Å². The van der Waals surface area contributed by atoms with E-state index in [4.69, 9.17) is 11.6 Å². The minimum absolute atomic E-state index is 0.0405. The van der Waals surface area contributed by atoms with E-state index in [0.29, 0.717) is 48.9 Å². The number of piperazine rings is 1. The molecule has 0 unspecified atom stereocenters. The zero-order valence-corrected chi connectivity index (χ0v) is 18.5. The van der Waals surface area contributed by atoms with Crippen LogP contribution in [0.15, 0.2) is 48.5 Å². The van der Waals surface area contributed by atoms with Crippen molar-refractivity contribution in [1.82, 2.24) is 4.90 Å². The number of nitrogens with one attached hydrogen (secondary N) is 1. The van der Waals surface area contributed by atoms with E-state index in [1.165, 1.54) is 24.3 Å². The van der Waals surface area contributed by atoms with E-state index in [0.717, 1.165) is 12.1 Å². The van der Waals surface area contributed by atoms with Gasteiger partial charge in [-0.1, -0.05) is 30.7 Å². The van der Waals surface area contributed by atoms with Crippen molar-refractivity contribution in [2.45, 2.75) is 19.8 Å². The molecule has 8 nitrogen and oxygen atoms in total. The normalized spacial score (nSPS) is 13.9. The molecule has 0 aromatic heterocycles. The molecule has 0 saturated carbocycles. The molecular formula is C23H25ClN4O4. The number of anilines is 2. The zero-order valence-electron chi connectivity index (χ0n) is 17.8. The fourth-order valence-corrected chi connectivity index (χ4v) is 3.71. The molecule has 0 radical (unpaired) electrons. The summed E-state index contributed by atoms with van der Waals surface area (Å²) in [6.45, 7) is 4.56. The van der Waals surface area contributed by atoms with Crippen LogP contribution in [0, 0.1) is 10.1 Å². The summed E-state index contributed by atoms with van der Waals surface area (Å²) in [6.07, 6.45) is 4.23. The van der Waals surface area contributed by atoms with Crippen molar-refractivity contribution in [2.75, 3.05) is 36.4 Å². The molecule has 1 fully saturated rings. The van der Waals surface area contributed by atoms with Gasteiger partial charge in [-0.15, -0.1) is 0 Å². The molecule has 1 aliphatic rings. The average molecular weight is 457 g/mol. The number of carbonyl (C=O) groups excluding carboxylic acids is 2. The van der Waals surface area contributed by atoms with Crippen LogP contribution in [0.4, 0.5) is 17.1 Å². The molecule has 32 heavy (non-hydrogen) atoms. The van der Waals surface area contributed by atoms with Gasteiger partial charge in [-0.25, -0.2) is 0 Å². The lowest BCUT2D eigenvalue weighted by atomic mass is 10.2. The number of rotatable bonds is 7. The maximum absolute atomic E-state index is 12.5. The van der Waals surface area contributed by atoms with E-state index in [1.54, 1.807) is 24.3 Å². The Bertz CT molecular complexity index is 1030. The highest BCUT2D eigenvalue weighted by Gasteiger charge is 2.22. The van der Waals surface area contributed by atoms with E-state index in [9.17, 15) is 19.7 Å². The number of carbonyl (C=O) groups is 2. The molecule has 2 aromatic rings. The van der Waals surface area contributed by atoms with Crippen LogP contribution < -0.4 is 10.2 Å². The summed E-state index contributed by atoms with van der Waals surface area (Å²) in [4.78, 5) is 39.1. The summed E-state index contributed by atoms with van der Waals surface area (Å²) in [5.74, 6) is -0.208. The van der Waals surface area contributed by atoms with Crippen LogP contribution in [0.2, 0.25) is 5.02 Å². The summed E-state index contributed by atoms with van der Waals surface area (Å²) in [5.41, 5.74) is 1.91. The number of hydrogen-bond donors (Lipinski definition) is 1. The molecule has 1 saturated heterocycles. The van der Waals surface area contributed by atoms with Gasteiger partial charge < -0.3 is 15.1 Å². The Hall–Kier alpha value is -3.39. The minimum atomic E-state index is -0.481. The van der Waals surface area contributed by atoms with Gasteiger partial charge in [0.15, 0.2) is 0 Å². The van der Waals surface area contributed by atoms with Crippen LogP contribution in [0.25, 0.3) is 6.08 Å². The van der Waals surface area contributed by atoms with Gasteiger partial charge in [0.25, 0.3) is 5.69 Å². The maximum atomic E-state index is 12.5. The molecule has 3 rings (SSSR count). The number of nitrogens with zero attached hydrogens (tertiary/aromatic N) is 3. The Labute approximate surface area is 191 Å². The highest BCUT2D eigenvalue weighted by Crippen LogP contribution is 2.30. The molecule has 0 aliphatic carbocycles. The van der Waals surface area contributed by atoms with E-state index >= 15 is 0 Å². The van der Waals surface area contributed by atoms with Gasteiger partial charge in [0.1, 0.15) is 0 Å². The van der Waals surface area contributed by atoms with Crippen molar-refractivity contribution in [3.05, 3.63) is 69.2 Å². The second kappa shape index (κ2) is 10.8. The monoisotopic (exact) mass is 456 g/mol. The summed E-state index contributed by atoms with van der Waals surface area (Å²) in [6, 6.07) is 11.3. The van der Waals surface area contributed by atoms with Gasteiger partial charge in [-0.3, -0.25) is 19.7 Å². The van der Waals surface area contributed by atoms with Gasteiger partial charge in [-0.05, 0) is 36.3 Å². The predicted molar refractivity (Wildman–Crippen MR) is 126 cm³/mol. The van der Waals surface area contributed by atoms with E-state index in [2.05, 4.69) is 10.2 Å². The number of benzene rings is 2. The number of non-ortho nitro benzene ring substituents is 1. The Morgan fingerprint density at radius 2 is 1.91 bits per heavy atom. The standard InChI is InChI=1S/C23H25ClN4O4/c1-2-4-23(30)27-13-11-26(12-14-27)21-9-8-18(24)16-20(21)25-22(29)10-7-17-5-3-6-19(15-17)28(31)32/h3,5-10,15-16H,2,4,11-14H2,1H3,(H,25,29)/b10-7+. The number of halogens is 1. The van der Waals surface area contributed by atoms with Crippen LogP contribution in [-0.2, 0) is 9.59 Å². The predicted octanol–water partition coefficient (Wildman–Crippen LogP) is 4.35. The van der Waals surface area contributed by atoms with Crippen molar-refractivity contribution in [2.24, 2.45) is 0 Å². The molecule has 9 heteroatoms. The summed E-state index contributed by atoms with van der Waals surface area (Å²) in [5, 5.41) is 14.2. The number of nitro groups is 1. The quantitative estimate of drug-likeness (QED) is 0.379. The van der Waals surface area contributed by atoms with Crippen LogP contribution in [0.1, 0.15) is 25.3 Å². The van der Waals surface area contributed by atoms with Gasteiger partial charge in [0.2, 0.25) is 11.8 Å². The molecule has 0 spiro atoms. The topological polar surface area (TPSA) is 95.8 Å². The van der Waals surface area contributed by atoms with E-state index < -0.39 is 4.92 Å². The largest absolute Gasteiger partial charge is 0.366 e. The molecule has 1 aliphatic heterocycles. The first kappa shape index (κ1) is 23.3. The molecule has 1 N–H and O–H groups in total. The number of hydrogen-bond acceptors (Lipinski definition) is 5. The van der Waals surface area contributed by atoms with Crippen LogP contribution in [-0.4, -0.2) is 47.8 Å². The molecule has 0 bridgehead atoms. The van der Waals surface area contributed by atoms with Crippen molar-refractivity contribution >= 4 is 46.6 Å². The van der Waals surface area contributed by atoms with Crippen molar-refractivity contribution in [3.8, 4) is 0 Å². The maximum Gasteiger partial charge on any atom is 0.270 e. The number of nitro benzene ring substituents is 1. The molecule has 1 heterocycles. The molecule has 2 amide bonds. The van der Waals surface area contributed by atoms with Gasteiger partial charge in [-0.2, -0.15) is 0 Å². The van der Waals surface area contributed by atoms with Crippen molar-refractivity contribution < 1.29 is 14.5 Å². The smallest absolute Gasteiger partial charge is 0.270 e. The lowest BCUT2D eigenvalue weighted by Crippen LogP contribution is -2.48. The highest BCUT2D eigenvalue weighted by atomic mass is 35.5. The third-order valence-electron chi connectivity index (χ3n) is 5.16. The fraction of sp³-hybridized carbons (Fsp3) is 0.304. The second-order valence-corrected chi connectivity index (χ2v) is 7.89. The molecule has 2 aromatic carbocycles. The summed E-state index contributed by atoms with van der Waals surface area (Å²) >= 11 is 6.15. The first-order chi connectivity index (χ1) is 15.4. The molecule has 168 valence electrons. The van der Waals surface area contributed by atoms with Crippen molar-refractivity contribution in [1.29, 1.82) is 0 Å². The third-order valence-corrected chi connectivity index (χ3v) is 5.40. The van der Waals surface area contributed by atoms with Crippen LogP contribution in [0.3, 0.4) is 0 Å². The Morgan fingerprint density at radius 3 is 2.59 bits per heavy atom. The highest BCUT2D eigenvalue weighted by molar-refractivity contribution is 6.31. The zero-order chi connectivity index (χ0) is 23.1. The first-order valence-corrected chi connectivity index (χ1v) is 10.8. The Balaban J connectivity index is 1.69. The average Bonchev–Trinajstić information content (AvgIpc) is 2.78. The van der Waals surface area contributed by atoms with Crippen LogP contribution >= 0.6 is 11.6 Å². The van der Waals surface area contributed by atoms with Gasteiger partial charge in [0.05, 0.1) is 16.3 Å². The molecule has 0 atom stereocenters. The minimum Gasteiger partial charge on any atom is -0.366 e. The van der Waals surface area contributed by atoms with E-state index in [1.807, 2.05) is 17.9 Å². The second-order valence-electron chi connectivity index (χ2n) is 7.45. The number of amides is 2. The van der Waals surface area contributed by atoms with Crippen molar-refractivity contribution in [3.63, 3.8) is 0 Å². The SMILES string of the molecule is CCCC(=O)N1CCN(c2ccc(Cl)cc2NC(=O)/C=C/c2cccc([N+](=O)[O-])c2)CC1. The Morgan fingerprint density at radius 1 is 1.16 bits per heavy atom. The first-order valence-electron chi connectivity index (χ1n) is 10.4. The molecular weight excluding hydrogens is 432 g/mol. The fourth-order valence-electron chi connectivity index (χ4n) is 3.54. The lowest BCUT2D eigenvalue weighted by Gasteiger charge is -2.37. The summed E-state index contributed by atoms with van der Waals surface area (Å²) in [7, 11) is 0. The Kier molecular flexibility index (Phi) is 7.83. The third kappa shape index (κ3) is 6.07.